The van der Waals surface area contributed by atoms with Crippen LogP contribution in [-0.4, -0.2) is 40.8 Å². The molecule has 0 aromatic heterocycles. The van der Waals surface area contributed by atoms with Crippen molar-refractivity contribution in [3.05, 3.63) is 84.4 Å². The highest BCUT2D eigenvalue weighted by atomic mass is 16.6. The molecule has 3 rings (SSSR count). The van der Waals surface area contributed by atoms with E-state index >= 15 is 0 Å². The zero-order valence-corrected chi connectivity index (χ0v) is 16.4. The first-order valence-corrected chi connectivity index (χ1v) is 9.96. The van der Waals surface area contributed by atoms with Gasteiger partial charge in [-0.1, -0.05) is 66.7 Å². The lowest BCUT2D eigenvalue weighted by atomic mass is 9.91. The van der Waals surface area contributed by atoms with Gasteiger partial charge in [-0.05, 0) is 36.8 Å². The lowest BCUT2D eigenvalue weighted by Crippen LogP contribution is -2.46. The van der Waals surface area contributed by atoms with Gasteiger partial charge in [-0.25, -0.2) is 9.69 Å². The maximum atomic E-state index is 13.2. The largest absolute Gasteiger partial charge is 0.447 e. The van der Waals surface area contributed by atoms with Crippen LogP contribution < -0.4 is 0 Å². The van der Waals surface area contributed by atoms with Crippen molar-refractivity contribution in [2.75, 3.05) is 6.61 Å². The summed E-state index contributed by atoms with van der Waals surface area (Å²) in [6, 6.07) is 19.1. The van der Waals surface area contributed by atoms with Crippen LogP contribution in [0.3, 0.4) is 0 Å². The average Bonchev–Trinajstić information content (AvgIpc) is 3.11. The van der Waals surface area contributed by atoms with Crippen LogP contribution in [0.25, 0.3) is 0 Å². The van der Waals surface area contributed by atoms with Gasteiger partial charge in [0.25, 0.3) is 0 Å². The number of carbonyl (C=O) groups is 2. The number of hydrogen-bond acceptors (Lipinski definition) is 4. The van der Waals surface area contributed by atoms with E-state index in [2.05, 4.69) is 6.58 Å². The molecule has 1 fully saturated rings. The van der Waals surface area contributed by atoms with Crippen LogP contribution in [0.4, 0.5) is 4.79 Å². The van der Waals surface area contributed by atoms with Crippen LogP contribution in [-0.2, 0) is 22.4 Å². The summed E-state index contributed by atoms with van der Waals surface area (Å²) in [5, 5.41) is 10.7. The molecule has 1 saturated heterocycles. The Morgan fingerprint density at radius 3 is 2.38 bits per heavy atom. The maximum Gasteiger partial charge on any atom is 0.416 e. The molecule has 5 heteroatoms. The van der Waals surface area contributed by atoms with Crippen LogP contribution in [0.15, 0.2) is 73.3 Å². The van der Waals surface area contributed by atoms with E-state index in [1.54, 1.807) is 6.08 Å². The van der Waals surface area contributed by atoms with Crippen molar-refractivity contribution in [2.45, 2.75) is 37.8 Å². The first-order chi connectivity index (χ1) is 14.1. The normalized spacial score (nSPS) is 18.2. The molecule has 152 valence electrons. The molecule has 2 aromatic rings. The van der Waals surface area contributed by atoms with E-state index in [4.69, 9.17) is 4.74 Å². The van der Waals surface area contributed by atoms with E-state index in [1.165, 1.54) is 4.90 Å². The van der Waals surface area contributed by atoms with Gasteiger partial charge < -0.3 is 9.84 Å². The SMILES string of the molecule is C=CC[C@H](C(=O)N1C(=O)OC[C@@H]1Cc1ccccc1)[C@H](O)CCc1ccccc1. The van der Waals surface area contributed by atoms with Crippen LogP contribution >= 0.6 is 0 Å². The molecule has 1 aliphatic rings. The lowest BCUT2D eigenvalue weighted by molar-refractivity contribution is -0.137. The molecule has 29 heavy (non-hydrogen) atoms. The minimum absolute atomic E-state index is 0.167. The predicted molar refractivity (Wildman–Crippen MR) is 111 cm³/mol. The van der Waals surface area contributed by atoms with Crippen LogP contribution in [0.5, 0.6) is 0 Å². The van der Waals surface area contributed by atoms with Gasteiger partial charge in [-0.3, -0.25) is 4.79 Å². The van der Waals surface area contributed by atoms with E-state index in [1.807, 2.05) is 60.7 Å². The number of imide groups is 1. The first-order valence-electron chi connectivity index (χ1n) is 9.96. The number of amides is 2. The minimum atomic E-state index is -0.869. The number of aliphatic hydroxyl groups is 1. The fraction of sp³-hybridized carbons (Fsp3) is 0.333. The number of allylic oxidation sites excluding steroid dienone is 1. The van der Waals surface area contributed by atoms with E-state index in [0.29, 0.717) is 25.7 Å². The third-order valence-electron chi connectivity index (χ3n) is 5.29. The Bertz CT molecular complexity index is 821. The fourth-order valence-corrected chi connectivity index (χ4v) is 3.71. The summed E-state index contributed by atoms with van der Waals surface area (Å²) in [6.45, 7) is 3.89. The molecule has 2 amide bonds. The molecule has 0 saturated carbocycles. The van der Waals surface area contributed by atoms with Crippen molar-refractivity contribution in [1.29, 1.82) is 0 Å². The number of cyclic esters (lactones) is 1. The predicted octanol–water partition coefficient (Wildman–Crippen LogP) is 3.76. The molecule has 0 unspecified atom stereocenters. The standard InChI is InChI=1S/C24H27NO4/c1-2-9-21(22(26)15-14-18-10-5-3-6-11-18)23(27)25-20(17-29-24(25)28)16-19-12-7-4-8-13-19/h2-8,10-13,20-22,26H,1,9,14-17H2/t20-,21-,22+/m0/s1. The van der Waals surface area contributed by atoms with Gasteiger partial charge in [0.1, 0.15) is 6.61 Å². The number of carbonyl (C=O) groups excluding carboxylic acids is 2. The Balaban J connectivity index is 1.70. The summed E-state index contributed by atoms with van der Waals surface area (Å²) in [5.41, 5.74) is 2.12. The van der Waals surface area contributed by atoms with Crippen molar-refractivity contribution in [3.8, 4) is 0 Å². The van der Waals surface area contributed by atoms with Crippen molar-refractivity contribution in [3.63, 3.8) is 0 Å². The summed E-state index contributed by atoms with van der Waals surface area (Å²) in [4.78, 5) is 26.7. The van der Waals surface area contributed by atoms with Gasteiger partial charge in [-0.15, -0.1) is 6.58 Å². The van der Waals surface area contributed by atoms with Crippen molar-refractivity contribution in [2.24, 2.45) is 5.92 Å². The van der Waals surface area contributed by atoms with Gasteiger partial charge >= 0.3 is 6.09 Å². The molecule has 5 nitrogen and oxygen atoms in total. The minimum Gasteiger partial charge on any atom is -0.447 e. The Kier molecular flexibility index (Phi) is 7.19. The smallest absolute Gasteiger partial charge is 0.416 e. The Morgan fingerprint density at radius 1 is 1.14 bits per heavy atom. The molecule has 2 aromatic carbocycles. The Labute approximate surface area is 171 Å². The van der Waals surface area contributed by atoms with Crippen LogP contribution in [0.2, 0.25) is 0 Å². The summed E-state index contributed by atoms with van der Waals surface area (Å²) in [6.07, 6.45) is 2.02. The zero-order valence-electron chi connectivity index (χ0n) is 16.4. The quantitative estimate of drug-likeness (QED) is 0.659. The third-order valence-corrected chi connectivity index (χ3v) is 5.29. The molecule has 0 radical (unpaired) electrons. The number of aryl methyl sites for hydroxylation is 1. The summed E-state index contributed by atoms with van der Waals surface area (Å²) >= 11 is 0. The van der Waals surface area contributed by atoms with Gasteiger partial charge in [-0.2, -0.15) is 0 Å². The maximum absolute atomic E-state index is 13.2. The Hall–Kier alpha value is -2.92. The molecule has 3 atom stereocenters. The number of rotatable bonds is 9. The van der Waals surface area contributed by atoms with Crippen LogP contribution in [0, 0.1) is 5.92 Å². The van der Waals surface area contributed by atoms with Crippen LogP contribution in [0.1, 0.15) is 24.0 Å². The molecule has 1 aliphatic heterocycles. The molecular formula is C24H27NO4. The third kappa shape index (κ3) is 5.33. The van der Waals surface area contributed by atoms with Crippen molar-refractivity contribution < 1.29 is 19.4 Å². The number of benzene rings is 2. The van der Waals surface area contributed by atoms with Gasteiger partial charge in [0.2, 0.25) is 5.91 Å². The van der Waals surface area contributed by atoms with E-state index in [0.717, 1.165) is 11.1 Å². The van der Waals surface area contributed by atoms with Gasteiger partial charge in [0.15, 0.2) is 0 Å². The van der Waals surface area contributed by atoms with Crippen molar-refractivity contribution >= 4 is 12.0 Å². The van der Waals surface area contributed by atoms with Gasteiger partial charge in [0.05, 0.1) is 18.1 Å². The van der Waals surface area contributed by atoms with Gasteiger partial charge in [0, 0.05) is 0 Å². The lowest BCUT2D eigenvalue weighted by Gasteiger charge is -2.27. The molecule has 1 N–H and O–H groups in total. The highest BCUT2D eigenvalue weighted by molar-refractivity contribution is 5.95. The highest BCUT2D eigenvalue weighted by Crippen LogP contribution is 2.25. The zero-order chi connectivity index (χ0) is 20.6. The van der Waals surface area contributed by atoms with E-state index in [-0.39, 0.29) is 12.6 Å². The summed E-state index contributed by atoms with van der Waals surface area (Å²) in [7, 11) is 0. The van der Waals surface area contributed by atoms with E-state index in [9.17, 15) is 14.7 Å². The fourth-order valence-electron chi connectivity index (χ4n) is 3.71. The highest BCUT2D eigenvalue weighted by Gasteiger charge is 2.42. The second-order valence-corrected chi connectivity index (χ2v) is 7.35. The topological polar surface area (TPSA) is 66.8 Å². The second kappa shape index (κ2) is 10.0. The van der Waals surface area contributed by atoms with E-state index < -0.39 is 24.0 Å². The molecule has 1 heterocycles. The second-order valence-electron chi connectivity index (χ2n) is 7.35. The number of aliphatic hydroxyl groups excluding tert-OH is 1. The average molecular weight is 393 g/mol. The molecule has 0 aliphatic carbocycles. The molecular weight excluding hydrogens is 366 g/mol. The monoisotopic (exact) mass is 393 g/mol. The number of nitrogens with zero attached hydrogens (tertiary/aromatic N) is 1. The summed E-state index contributed by atoms with van der Waals surface area (Å²) < 4.78 is 5.17. The first kappa shape index (κ1) is 20.8. The number of hydrogen-bond donors (Lipinski definition) is 1. The molecule has 0 spiro atoms. The van der Waals surface area contributed by atoms with Crippen molar-refractivity contribution in [1.82, 2.24) is 4.90 Å². The Morgan fingerprint density at radius 2 is 1.76 bits per heavy atom. The summed E-state index contributed by atoms with van der Waals surface area (Å²) in [5.74, 6) is -1.12. The molecule has 0 bridgehead atoms. The number of ether oxygens (including phenoxy) is 1.